The van der Waals surface area contributed by atoms with Crippen LogP contribution in [0.2, 0.25) is 0 Å². The van der Waals surface area contributed by atoms with Crippen LogP contribution in [0.5, 0.6) is 0 Å². The second kappa shape index (κ2) is 4.51. The standard InChI is InChI=1S/C10H14P/c1-2-3-4-9-5-7-10(11)8-6-9/h5-8,11H,2-4H2,1H3. The normalized spacial score (nSPS) is 10.0. The second-order valence-electron chi connectivity index (χ2n) is 2.80. The predicted molar refractivity (Wildman–Crippen MR) is 53.0 cm³/mol. The number of hydrogen-bond acceptors (Lipinski definition) is 0. The lowest BCUT2D eigenvalue weighted by molar-refractivity contribution is 0.795. The van der Waals surface area contributed by atoms with Crippen LogP contribution in [0.25, 0.3) is 0 Å². The molecule has 0 N–H and O–H groups in total. The smallest absolute Gasteiger partial charge is 0.0227 e. The SMILES string of the molecule is CCCCc1ccc([PH])cc1. The zero-order chi connectivity index (χ0) is 8.10. The van der Waals surface area contributed by atoms with Gasteiger partial charge in [-0.15, -0.1) is 0 Å². The minimum absolute atomic E-state index is 1.16. The van der Waals surface area contributed by atoms with Gasteiger partial charge in [-0.25, -0.2) is 0 Å². The van der Waals surface area contributed by atoms with Crippen molar-refractivity contribution in [2.75, 3.05) is 0 Å². The van der Waals surface area contributed by atoms with Gasteiger partial charge >= 0.3 is 0 Å². The maximum Gasteiger partial charge on any atom is -0.0227 e. The Kier molecular flexibility index (Phi) is 3.59. The fourth-order valence-corrected chi connectivity index (χ4v) is 1.22. The zero-order valence-corrected chi connectivity index (χ0v) is 7.93. The van der Waals surface area contributed by atoms with E-state index in [4.69, 9.17) is 0 Å². The first kappa shape index (κ1) is 8.74. The van der Waals surface area contributed by atoms with Crippen molar-refractivity contribution in [3.05, 3.63) is 29.8 Å². The summed E-state index contributed by atoms with van der Waals surface area (Å²) >= 11 is 0. The molecule has 0 saturated carbocycles. The summed E-state index contributed by atoms with van der Waals surface area (Å²) in [6, 6.07) is 8.56. The van der Waals surface area contributed by atoms with Gasteiger partial charge in [-0.2, -0.15) is 0 Å². The van der Waals surface area contributed by atoms with E-state index < -0.39 is 0 Å². The molecular weight excluding hydrogens is 151 g/mol. The molecule has 0 aromatic heterocycles. The van der Waals surface area contributed by atoms with Crippen molar-refractivity contribution in [2.45, 2.75) is 26.2 Å². The van der Waals surface area contributed by atoms with Crippen LogP contribution in [0, 0.1) is 0 Å². The van der Waals surface area contributed by atoms with Crippen molar-refractivity contribution >= 4 is 14.5 Å². The molecule has 0 fully saturated rings. The van der Waals surface area contributed by atoms with E-state index in [-0.39, 0.29) is 0 Å². The Morgan fingerprint density at radius 1 is 1.18 bits per heavy atom. The summed E-state index contributed by atoms with van der Waals surface area (Å²) in [6.07, 6.45) is 3.78. The number of unbranched alkanes of at least 4 members (excludes halogenated alkanes) is 1. The third kappa shape index (κ3) is 3.03. The first-order chi connectivity index (χ1) is 5.33. The van der Waals surface area contributed by atoms with Crippen molar-refractivity contribution in [1.29, 1.82) is 0 Å². The molecule has 59 valence electrons. The molecule has 1 heteroatoms. The minimum atomic E-state index is 1.16. The summed E-state index contributed by atoms with van der Waals surface area (Å²) in [5.41, 5.74) is 1.44. The molecular formula is C10H14P. The lowest BCUT2D eigenvalue weighted by atomic mass is 10.1. The van der Waals surface area contributed by atoms with Gasteiger partial charge in [0.15, 0.2) is 0 Å². The van der Waals surface area contributed by atoms with Crippen LogP contribution in [0.15, 0.2) is 24.3 Å². The fourth-order valence-electron chi connectivity index (χ4n) is 1.05. The Labute approximate surface area is 71.2 Å². The second-order valence-corrected chi connectivity index (χ2v) is 3.38. The fraction of sp³-hybridized carbons (Fsp3) is 0.400. The van der Waals surface area contributed by atoms with Crippen molar-refractivity contribution in [1.82, 2.24) is 0 Å². The molecule has 0 aliphatic heterocycles. The third-order valence-electron chi connectivity index (χ3n) is 1.77. The Balaban J connectivity index is 2.52. The molecule has 0 aliphatic carbocycles. The van der Waals surface area contributed by atoms with E-state index in [9.17, 15) is 0 Å². The molecule has 0 amide bonds. The van der Waals surface area contributed by atoms with E-state index in [2.05, 4.69) is 40.4 Å². The summed E-state index contributed by atoms with van der Waals surface area (Å²) in [5, 5.41) is 1.16. The van der Waals surface area contributed by atoms with Crippen LogP contribution in [0.4, 0.5) is 0 Å². The van der Waals surface area contributed by atoms with E-state index in [0.717, 1.165) is 5.30 Å². The van der Waals surface area contributed by atoms with Gasteiger partial charge in [-0.1, -0.05) is 46.8 Å². The lowest BCUT2D eigenvalue weighted by Crippen LogP contribution is -1.90. The van der Waals surface area contributed by atoms with Crippen LogP contribution in [-0.2, 0) is 6.42 Å². The molecule has 0 nitrogen and oxygen atoms in total. The highest BCUT2D eigenvalue weighted by Gasteiger charge is 1.90. The summed E-state index contributed by atoms with van der Waals surface area (Å²) in [7, 11) is 3.46. The molecule has 0 saturated heterocycles. The Bertz CT molecular complexity index is 201. The van der Waals surface area contributed by atoms with Crippen molar-refractivity contribution in [2.24, 2.45) is 0 Å². The van der Waals surface area contributed by atoms with Gasteiger partial charge in [0.1, 0.15) is 0 Å². The highest BCUT2D eigenvalue weighted by Crippen LogP contribution is 2.03. The Morgan fingerprint density at radius 3 is 2.36 bits per heavy atom. The molecule has 0 heterocycles. The third-order valence-corrected chi connectivity index (χ3v) is 2.11. The molecule has 0 aliphatic rings. The Morgan fingerprint density at radius 2 is 1.82 bits per heavy atom. The quantitative estimate of drug-likeness (QED) is 0.604. The summed E-state index contributed by atoms with van der Waals surface area (Å²) in [5.74, 6) is 0. The average molecular weight is 165 g/mol. The molecule has 1 radical (unpaired) electrons. The number of rotatable bonds is 3. The highest BCUT2D eigenvalue weighted by atomic mass is 31.0. The van der Waals surface area contributed by atoms with E-state index >= 15 is 0 Å². The first-order valence-electron chi connectivity index (χ1n) is 4.13. The monoisotopic (exact) mass is 165 g/mol. The highest BCUT2D eigenvalue weighted by molar-refractivity contribution is 7.27. The van der Waals surface area contributed by atoms with E-state index in [0.29, 0.717) is 0 Å². The van der Waals surface area contributed by atoms with Crippen LogP contribution in [-0.4, -0.2) is 0 Å². The molecule has 0 bridgehead atoms. The minimum Gasteiger partial charge on any atom is -0.0654 e. The van der Waals surface area contributed by atoms with Gasteiger partial charge in [-0.3, -0.25) is 0 Å². The zero-order valence-electron chi connectivity index (χ0n) is 6.93. The maximum absolute atomic E-state index is 3.46. The van der Waals surface area contributed by atoms with Gasteiger partial charge in [0.25, 0.3) is 0 Å². The summed E-state index contributed by atoms with van der Waals surface area (Å²) in [6.45, 7) is 2.22. The van der Waals surface area contributed by atoms with E-state index in [1.807, 2.05) is 0 Å². The molecule has 0 spiro atoms. The topological polar surface area (TPSA) is 0 Å². The average Bonchev–Trinajstić information content (AvgIpc) is 2.04. The Hall–Kier alpha value is -0.350. The number of aryl methyl sites for hydroxylation is 1. The van der Waals surface area contributed by atoms with Crippen LogP contribution in [0.1, 0.15) is 25.3 Å². The van der Waals surface area contributed by atoms with Gasteiger partial charge in [0.05, 0.1) is 0 Å². The summed E-state index contributed by atoms with van der Waals surface area (Å²) < 4.78 is 0. The van der Waals surface area contributed by atoms with Crippen LogP contribution in [0.3, 0.4) is 0 Å². The van der Waals surface area contributed by atoms with Gasteiger partial charge < -0.3 is 0 Å². The molecule has 11 heavy (non-hydrogen) atoms. The predicted octanol–water partition coefficient (Wildman–Crippen LogP) is 2.80. The van der Waals surface area contributed by atoms with Gasteiger partial charge in [-0.05, 0) is 23.7 Å². The lowest BCUT2D eigenvalue weighted by Gasteiger charge is -1.98. The first-order valence-corrected chi connectivity index (χ1v) is 4.63. The van der Waals surface area contributed by atoms with Gasteiger partial charge in [0, 0.05) is 0 Å². The largest absolute Gasteiger partial charge is 0.0654 e. The van der Waals surface area contributed by atoms with E-state index in [1.165, 1.54) is 24.8 Å². The van der Waals surface area contributed by atoms with Crippen LogP contribution >= 0.6 is 9.24 Å². The molecule has 1 rings (SSSR count). The maximum atomic E-state index is 3.46. The van der Waals surface area contributed by atoms with E-state index in [1.54, 1.807) is 0 Å². The van der Waals surface area contributed by atoms with Gasteiger partial charge in [0.2, 0.25) is 0 Å². The number of benzene rings is 1. The number of hydrogen-bond donors (Lipinski definition) is 0. The van der Waals surface area contributed by atoms with Crippen LogP contribution < -0.4 is 5.30 Å². The summed E-state index contributed by atoms with van der Waals surface area (Å²) in [4.78, 5) is 0. The molecule has 1 aromatic rings. The van der Waals surface area contributed by atoms with Crippen molar-refractivity contribution in [3.8, 4) is 0 Å². The van der Waals surface area contributed by atoms with Crippen molar-refractivity contribution in [3.63, 3.8) is 0 Å². The molecule has 0 unspecified atom stereocenters. The molecule has 0 atom stereocenters. The molecule has 1 aromatic carbocycles. The van der Waals surface area contributed by atoms with Crippen molar-refractivity contribution < 1.29 is 0 Å².